The maximum atomic E-state index is 12.6. The third-order valence-electron chi connectivity index (χ3n) is 4.10. The number of ether oxygens (including phenoxy) is 3. The number of nitrogens with one attached hydrogen (secondary N) is 1. The lowest BCUT2D eigenvalue weighted by atomic mass is 10.1. The first kappa shape index (κ1) is 18.4. The van der Waals surface area contributed by atoms with Crippen LogP contribution in [-0.2, 0) is 11.3 Å². The highest BCUT2D eigenvalue weighted by Crippen LogP contribution is 2.32. The standard InChI is InChI=1S/C20H22ClNO4/c1-3-4-18(26-16-7-5-13(2)9-15(16)21)20(23)22-11-14-6-8-17-19(10-14)25-12-24-17/h5-10,18H,3-4,11-12H2,1-2H3,(H,22,23). The molecular formula is C20H22ClNO4. The first-order valence-electron chi connectivity index (χ1n) is 8.66. The Labute approximate surface area is 158 Å². The van der Waals surface area contributed by atoms with Gasteiger partial charge in [-0.15, -0.1) is 0 Å². The van der Waals surface area contributed by atoms with Crippen molar-refractivity contribution in [1.29, 1.82) is 0 Å². The Balaban J connectivity index is 1.63. The highest BCUT2D eigenvalue weighted by molar-refractivity contribution is 6.32. The molecule has 0 radical (unpaired) electrons. The fraction of sp³-hybridized carbons (Fsp3) is 0.350. The lowest BCUT2D eigenvalue weighted by molar-refractivity contribution is -0.128. The van der Waals surface area contributed by atoms with E-state index in [9.17, 15) is 4.79 Å². The summed E-state index contributed by atoms with van der Waals surface area (Å²) < 4.78 is 16.5. The van der Waals surface area contributed by atoms with Gasteiger partial charge in [0.2, 0.25) is 6.79 Å². The second-order valence-electron chi connectivity index (χ2n) is 6.23. The van der Waals surface area contributed by atoms with Crippen LogP contribution in [0.4, 0.5) is 0 Å². The van der Waals surface area contributed by atoms with Gasteiger partial charge in [0, 0.05) is 6.54 Å². The predicted octanol–water partition coefficient (Wildman–Crippen LogP) is 4.24. The topological polar surface area (TPSA) is 56.8 Å². The van der Waals surface area contributed by atoms with E-state index >= 15 is 0 Å². The molecule has 0 fully saturated rings. The monoisotopic (exact) mass is 375 g/mol. The summed E-state index contributed by atoms with van der Waals surface area (Å²) in [5.41, 5.74) is 1.98. The van der Waals surface area contributed by atoms with Crippen molar-refractivity contribution in [3.05, 3.63) is 52.5 Å². The number of rotatable bonds is 7. The summed E-state index contributed by atoms with van der Waals surface area (Å²) in [6, 6.07) is 11.1. The molecule has 2 aromatic carbocycles. The largest absolute Gasteiger partial charge is 0.479 e. The summed E-state index contributed by atoms with van der Waals surface area (Å²) in [4.78, 5) is 12.6. The summed E-state index contributed by atoms with van der Waals surface area (Å²) in [6.07, 6.45) is 0.845. The fourth-order valence-electron chi connectivity index (χ4n) is 2.71. The van der Waals surface area contributed by atoms with Crippen LogP contribution in [0.3, 0.4) is 0 Å². The van der Waals surface area contributed by atoms with Crippen molar-refractivity contribution in [2.75, 3.05) is 6.79 Å². The number of halogens is 1. The van der Waals surface area contributed by atoms with Gasteiger partial charge in [0.15, 0.2) is 17.6 Å². The molecule has 138 valence electrons. The van der Waals surface area contributed by atoms with Gasteiger partial charge in [-0.1, -0.05) is 37.1 Å². The molecule has 0 spiro atoms. The maximum absolute atomic E-state index is 12.6. The molecule has 1 aliphatic rings. The number of benzene rings is 2. The van der Waals surface area contributed by atoms with E-state index in [1.165, 1.54) is 0 Å². The van der Waals surface area contributed by atoms with E-state index in [0.717, 1.165) is 23.3 Å². The minimum absolute atomic E-state index is 0.166. The van der Waals surface area contributed by atoms with Crippen LogP contribution in [0.1, 0.15) is 30.9 Å². The molecule has 6 heteroatoms. The number of aryl methyl sites for hydroxylation is 1. The van der Waals surface area contributed by atoms with E-state index in [1.54, 1.807) is 6.07 Å². The summed E-state index contributed by atoms with van der Waals surface area (Å²) in [5, 5.41) is 3.43. The van der Waals surface area contributed by atoms with Crippen molar-refractivity contribution in [3.63, 3.8) is 0 Å². The van der Waals surface area contributed by atoms with Crippen LogP contribution in [-0.4, -0.2) is 18.8 Å². The van der Waals surface area contributed by atoms with Crippen LogP contribution in [0.5, 0.6) is 17.2 Å². The van der Waals surface area contributed by atoms with Gasteiger partial charge in [0.1, 0.15) is 5.75 Å². The second kappa shape index (κ2) is 8.32. The quantitative estimate of drug-likeness (QED) is 0.786. The Morgan fingerprint density at radius 2 is 2.04 bits per heavy atom. The minimum Gasteiger partial charge on any atom is -0.479 e. The SMILES string of the molecule is CCCC(Oc1ccc(C)cc1Cl)C(=O)NCc1ccc2c(c1)OCO2. The van der Waals surface area contributed by atoms with Gasteiger partial charge in [-0.05, 0) is 48.7 Å². The Hall–Kier alpha value is -2.40. The lowest BCUT2D eigenvalue weighted by Crippen LogP contribution is -2.38. The van der Waals surface area contributed by atoms with Gasteiger partial charge in [0.05, 0.1) is 5.02 Å². The molecule has 5 nitrogen and oxygen atoms in total. The van der Waals surface area contributed by atoms with Crippen LogP contribution in [0.25, 0.3) is 0 Å². The zero-order valence-electron chi connectivity index (χ0n) is 14.9. The molecule has 0 aromatic heterocycles. The highest BCUT2D eigenvalue weighted by Gasteiger charge is 2.21. The van der Waals surface area contributed by atoms with E-state index in [4.69, 9.17) is 25.8 Å². The maximum Gasteiger partial charge on any atom is 0.261 e. The van der Waals surface area contributed by atoms with Crippen LogP contribution >= 0.6 is 11.6 Å². The van der Waals surface area contributed by atoms with Crippen molar-refractivity contribution in [2.45, 2.75) is 39.3 Å². The van der Waals surface area contributed by atoms with Gasteiger partial charge >= 0.3 is 0 Å². The van der Waals surface area contributed by atoms with Gasteiger partial charge in [-0.2, -0.15) is 0 Å². The van der Waals surface area contributed by atoms with Gasteiger partial charge in [-0.25, -0.2) is 0 Å². The van der Waals surface area contributed by atoms with Crippen molar-refractivity contribution in [2.24, 2.45) is 0 Å². The van der Waals surface area contributed by atoms with Crippen molar-refractivity contribution in [1.82, 2.24) is 5.32 Å². The molecule has 1 aliphatic heterocycles. The molecule has 0 saturated heterocycles. The molecule has 1 atom stereocenters. The summed E-state index contributed by atoms with van der Waals surface area (Å²) in [5.74, 6) is 1.78. The Bertz CT molecular complexity index is 793. The molecule has 2 aromatic rings. The number of hydrogen-bond donors (Lipinski definition) is 1. The number of carbonyl (C=O) groups is 1. The lowest BCUT2D eigenvalue weighted by Gasteiger charge is -2.19. The third-order valence-corrected chi connectivity index (χ3v) is 4.40. The number of fused-ring (bicyclic) bond motifs is 1. The molecular weight excluding hydrogens is 354 g/mol. The molecule has 0 saturated carbocycles. The normalized spacial score (nSPS) is 13.3. The molecule has 0 aliphatic carbocycles. The van der Waals surface area contributed by atoms with Crippen molar-refractivity contribution < 1.29 is 19.0 Å². The van der Waals surface area contributed by atoms with E-state index in [1.807, 2.05) is 44.2 Å². The van der Waals surface area contributed by atoms with Crippen LogP contribution < -0.4 is 19.5 Å². The van der Waals surface area contributed by atoms with Gasteiger partial charge in [-0.3, -0.25) is 4.79 Å². The smallest absolute Gasteiger partial charge is 0.261 e. The molecule has 1 heterocycles. The molecule has 1 amide bonds. The number of hydrogen-bond acceptors (Lipinski definition) is 4. The first-order valence-corrected chi connectivity index (χ1v) is 9.03. The fourth-order valence-corrected chi connectivity index (χ4v) is 2.99. The zero-order valence-corrected chi connectivity index (χ0v) is 15.6. The average molecular weight is 376 g/mol. The van der Waals surface area contributed by atoms with Crippen molar-refractivity contribution in [3.8, 4) is 17.2 Å². The van der Waals surface area contributed by atoms with Crippen LogP contribution in [0.15, 0.2) is 36.4 Å². The second-order valence-corrected chi connectivity index (χ2v) is 6.64. The van der Waals surface area contributed by atoms with E-state index in [0.29, 0.717) is 29.5 Å². The molecule has 0 bridgehead atoms. The van der Waals surface area contributed by atoms with E-state index in [2.05, 4.69) is 5.32 Å². The van der Waals surface area contributed by atoms with E-state index < -0.39 is 6.10 Å². The zero-order chi connectivity index (χ0) is 18.5. The summed E-state index contributed by atoms with van der Waals surface area (Å²) in [7, 11) is 0. The third kappa shape index (κ3) is 4.41. The van der Waals surface area contributed by atoms with Crippen molar-refractivity contribution >= 4 is 17.5 Å². The molecule has 1 N–H and O–H groups in total. The minimum atomic E-state index is -0.589. The Kier molecular flexibility index (Phi) is 5.89. The predicted molar refractivity (Wildman–Crippen MR) is 99.9 cm³/mol. The Morgan fingerprint density at radius 3 is 2.81 bits per heavy atom. The van der Waals surface area contributed by atoms with Gasteiger partial charge < -0.3 is 19.5 Å². The van der Waals surface area contributed by atoms with Crippen LogP contribution in [0, 0.1) is 6.92 Å². The van der Waals surface area contributed by atoms with E-state index in [-0.39, 0.29) is 12.7 Å². The molecule has 26 heavy (non-hydrogen) atoms. The molecule has 3 rings (SSSR count). The summed E-state index contributed by atoms with van der Waals surface area (Å²) >= 11 is 6.22. The summed E-state index contributed by atoms with van der Waals surface area (Å²) in [6.45, 7) is 4.59. The Morgan fingerprint density at radius 1 is 1.23 bits per heavy atom. The highest BCUT2D eigenvalue weighted by atomic mass is 35.5. The number of amides is 1. The number of carbonyl (C=O) groups excluding carboxylic acids is 1. The molecule has 1 unspecified atom stereocenters. The van der Waals surface area contributed by atoms with Gasteiger partial charge in [0.25, 0.3) is 5.91 Å². The average Bonchev–Trinajstić information content (AvgIpc) is 3.09. The van der Waals surface area contributed by atoms with Crippen LogP contribution in [0.2, 0.25) is 5.02 Å². The first-order chi connectivity index (χ1) is 12.6.